The van der Waals surface area contributed by atoms with Gasteiger partial charge in [0.1, 0.15) is 11.9 Å². The van der Waals surface area contributed by atoms with Crippen molar-refractivity contribution in [3.63, 3.8) is 0 Å². The van der Waals surface area contributed by atoms with Gasteiger partial charge in [-0.1, -0.05) is 27.5 Å². The molecule has 0 radical (unpaired) electrons. The Bertz CT molecular complexity index is 341. The van der Waals surface area contributed by atoms with Gasteiger partial charge in [-0.2, -0.15) is 0 Å². The third-order valence-electron chi connectivity index (χ3n) is 2.49. The fourth-order valence-corrected chi connectivity index (χ4v) is 2.75. The highest BCUT2D eigenvalue weighted by atomic mass is 79.9. The van der Waals surface area contributed by atoms with Crippen LogP contribution >= 0.6 is 27.5 Å². The van der Waals surface area contributed by atoms with E-state index in [1.54, 1.807) is 0 Å². The SMILES string of the molecule is Cc1cc(Br)cc(Cl)c1OC1CCNC1. The van der Waals surface area contributed by atoms with Crippen molar-refractivity contribution in [3.05, 3.63) is 27.2 Å². The summed E-state index contributed by atoms with van der Waals surface area (Å²) in [5.41, 5.74) is 1.07. The second-order valence-corrected chi connectivity index (χ2v) is 5.09. The quantitative estimate of drug-likeness (QED) is 0.903. The minimum atomic E-state index is 0.252. The molecule has 0 saturated carbocycles. The fraction of sp³-hybridized carbons (Fsp3) is 0.455. The second kappa shape index (κ2) is 4.73. The molecule has 1 aliphatic rings. The lowest BCUT2D eigenvalue weighted by molar-refractivity contribution is 0.221. The van der Waals surface area contributed by atoms with Crippen molar-refractivity contribution >= 4 is 27.5 Å². The topological polar surface area (TPSA) is 21.3 Å². The van der Waals surface area contributed by atoms with Crippen molar-refractivity contribution in [2.75, 3.05) is 13.1 Å². The maximum Gasteiger partial charge on any atom is 0.141 e. The summed E-state index contributed by atoms with van der Waals surface area (Å²) >= 11 is 9.55. The molecule has 0 amide bonds. The molecule has 15 heavy (non-hydrogen) atoms. The van der Waals surface area contributed by atoms with Gasteiger partial charge in [0.25, 0.3) is 0 Å². The van der Waals surface area contributed by atoms with Crippen molar-refractivity contribution in [3.8, 4) is 5.75 Å². The first kappa shape index (κ1) is 11.2. The van der Waals surface area contributed by atoms with E-state index in [1.807, 2.05) is 19.1 Å². The minimum absolute atomic E-state index is 0.252. The van der Waals surface area contributed by atoms with Crippen LogP contribution in [0.15, 0.2) is 16.6 Å². The van der Waals surface area contributed by atoms with E-state index in [9.17, 15) is 0 Å². The Morgan fingerprint density at radius 1 is 1.53 bits per heavy atom. The van der Waals surface area contributed by atoms with E-state index in [-0.39, 0.29) is 6.10 Å². The van der Waals surface area contributed by atoms with Crippen molar-refractivity contribution in [1.82, 2.24) is 5.32 Å². The molecule has 1 saturated heterocycles. The summed E-state index contributed by atoms with van der Waals surface area (Å²) in [6.45, 7) is 3.94. The van der Waals surface area contributed by atoms with Crippen molar-refractivity contribution in [1.29, 1.82) is 0 Å². The van der Waals surface area contributed by atoms with Gasteiger partial charge < -0.3 is 10.1 Å². The molecule has 1 heterocycles. The van der Waals surface area contributed by atoms with Crippen molar-refractivity contribution in [2.45, 2.75) is 19.4 Å². The molecule has 1 N–H and O–H groups in total. The first-order chi connectivity index (χ1) is 7.16. The molecule has 0 aliphatic carbocycles. The third-order valence-corrected chi connectivity index (χ3v) is 3.23. The van der Waals surface area contributed by atoms with Crippen molar-refractivity contribution in [2.24, 2.45) is 0 Å². The molecule has 1 atom stereocenters. The number of nitrogens with one attached hydrogen (secondary N) is 1. The van der Waals surface area contributed by atoms with Gasteiger partial charge in [0, 0.05) is 11.0 Å². The zero-order valence-electron chi connectivity index (χ0n) is 8.52. The summed E-state index contributed by atoms with van der Waals surface area (Å²) in [5, 5.41) is 3.94. The zero-order valence-corrected chi connectivity index (χ0v) is 10.9. The molecule has 1 aromatic carbocycles. The summed E-state index contributed by atoms with van der Waals surface area (Å²) in [4.78, 5) is 0. The Labute approximate surface area is 103 Å². The zero-order chi connectivity index (χ0) is 10.8. The van der Waals surface area contributed by atoms with Gasteiger partial charge >= 0.3 is 0 Å². The monoisotopic (exact) mass is 289 g/mol. The molecule has 4 heteroatoms. The summed E-state index contributed by atoms with van der Waals surface area (Å²) in [7, 11) is 0. The van der Waals surface area contributed by atoms with Crippen LogP contribution in [0.5, 0.6) is 5.75 Å². The molecule has 1 aliphatic heterocycles. The van der Waals surface area contributed by atoms with Crippen molar-refractivity contribution < 1.29 is 4.74 Å². The van der Waals surface area contributed by atoms with E-state index in [0.29, 0.717) is 5.02 Å². The number of hydrogen-bond donors (Lipinski definition) is 1. The highest BCUT2D eigenvalue weighted by Gasteiger charge is 2.18. The number of aryl methyl sites for hydroxylation is 1. The summed E-state index contributed by atoms with van der Waals surface area (Å²) in [6, 6.07) is 3.88. The maximum absolute atomic E-state index is 6.14. The molecular formula is C11H13BrClNO. The highest BCUT2D eigenvalue weighted by Crippen LogP contribution is 2.33. The Morgan fingerprint density at radius 3 is 2.93 bits per heavy atom. The predicted molar refractivity (Wildman–Crippen MR) is 65.8 cm³/mol. The molecule has 1 unspecified atom stereocenters. The molecule has 2 nitrogen and oxygen atoms in total. The van der Waals surface area contributed by atoms with Gasteiger partial charge in [-0.15, -0.1) is 0 Å². The van der Waals surface area contributed by atoms with Gasteiger partial charge in [-0.3, -0.25) is 0 Å². The predicted octanol–water partition coefficient (Wildman–Crippen LogP) is 3.15. The normalized spacial score (nSPS) is 20.6. The number of ether oxygens (including phenoxy) is 1. The van der Waals surface area contributed by atoms with Crippen LogP contribution in [0.3, 0.4) is 0 Å². The highest BCUT2D eigenvalue weighted by molar-refractivity contribution is 9.10. The first-order valence-electron chi connectivity index (χ1n) is 5.00. The van der Waals surface area contributed by atoms with Gasteiger partial charge in [0.05, 0.1) is 5.02 Å². The van der Waals surface area contributed by atoms with Crippen LogP contribution in [-0.2, 0) is 0 Å². The van der Waals surface area contributed by atoms with Crippen LogP contribution in [0.4, 0.5) is 0 Å². The Hall–Kier alpha value is -0.250. The molecule has 1 fully saturated rings. The lowest BCUT2D eigenvalue weighted by Gasteiger charge is -2.16. The Kier molecular flexibility index (Phi) is 3.54. The number of halogens is 2. The average molecular weight is 291 g/mol. The summed E-state index contributed by atoms with van der Waals surface area (Å²) < 4.78 is 6.86. The van der Waals surface area contributed by atoms with E-state index < -0.39 is 0 Å². The Balaban J connectivity index is 2.19. The first-order valence-corrected chi connectivity index (χ1v) is 6.17. The molecule has 0 aromatic heterocycles. The van der Waals surface area contributed by atoms with Crippen LogP contribution < -0.4 is 10.1 Å². The summed E-state index contributed by atoms with van der Waals surface area (Å²) in [5.74, 6) is 0.813. The van der Waals surface area contributed by atoms with Gasteiger partial charge in [0.15, 0.2) is 0 Å². The standard InChI is InChI=1S/C11H13BrClNO/c1-7-4-8(12)5-10(13)11(7)15-9-2-3-14-6-9/h4-5,9,14H,2-3,6H2,1H3. The molecule has 0 bridgehead atoms. The molecule has 0 spiro atoms. The van der Waals surface area contributed by atoms with E-state index >= 15 is 0 Å². The second-order valence-electron chi connectivity index (χ2n) is 3.77. The van der Waals surface area contributed by atoms with E-state index in [1.165, 1.54) is 0 Å². The van der Waals surface area contributed by atoms with Crippen LogP contribution in [0.25, 0.3) is 0 Å². The van der Waals surface area contributed by atoms with Gasteiger partial charge in [0.2, 0.25) is 0 Å². The lowest BCUT2D eigenvalue weighted by atomic mass is 10.2. The molecule has 82 valence electrons. The fourth-order valence-electron chi connectivity index (χ4n) is 1.73. The Morgan fingerprint density at radius 2 is 2.33 bits per heavy atom. The average Bonchev–Trinajstić information content (AvgIpc) is 2.63. The van der Waals surface area contributed by atoms with Crippen LogP contribution in [-0.4, -0.2) is 19.2 Å². The smallest absolute Gasteiger partial charge is 0.141 e. The molecule has 1 aromatic rings. The maximum atomic E-state index is 6.14. The molecule has 2 rings (SSSR count). The minimum Gasteiger partial charge on any atom is -0.487 e. The summed E-state index contributed by atoms with van der Waals surface area (Å²) in [6.07, 6.45) is 1.30. The van der Waals surface area contributed by atoms with Crippen LogP contribution in [0.2, 0.25) is 5.02 Å². The third kappa shape index (κ3) is 2.65. The number of hydrogen-bond acceptors (Lipinski definition) is 2. The number of rotatable bonds is 2. The van der Waals surface area contributed by atoms with E-state index in [4.69, 9.17) is 16.3 Å². The van der Waals surface area contributed by atoms with Crippen LogP contribution in [0.1, 0.15) is 12.0 Å². The van der Waals surface area contributed by atoms with Gasteiger partial charge in [-0.25, -0.2) is 0 Å². The van der Waals surface area contributed by atoms with Gasteiger partial charge in [-0.05, 0) is 37.6 Å². The number of benzene rings is 1. The lowest BCUT2D eigenvalue weighted by Crippen LogP contribution is -2.20. The molecular weight excluding hydrogens is 277 g/mol. The largest absolute Gasteiger partial charge is 0.487 e. The van der Waals surface area contributed by atoms with Crippen LogP contribution in [0, 0.1) is 6.92 Å². The van der Waals surface area contributed by atoms with E-state index in [2.05, 4.69) is 21.2 Å². The van der Waals surface area contributed by atoms with E-state index in [0.717, 1.165) is 35.3 Å².